The minimum Gasteiger partial charge on any atom is -0.479 e. The molecule has 88 valence electrons. The van der Waals surface area contributed by atoms with Gasteiger partial charge in [0.15, 0.2) is 5.82 Å². The molecule has 1 rings (SSSR count). The van der Waals surface area contributed by atoms with Crippen LogP contribution in [0.1, 0.15) is 19.2 Å². The van der Waals surface area contributed by atoms with Crippen LogP contribution in [0.25, 0.3) is 0 Å². The number of rotatable bonds is 6. The summed E-state index contributed by atoms with van der Waals surface area (Å²) in [4.78, 5) is 8.56. The van der Waals surface area contributed by atoms with Gasteiger partial charge >= 0.3 is 0 Å². The molecule has 1 heterocycles. The van der Waals surface area contributed by atoms with Crippen molar-refractivity contribution in [2.24, 2.45) is 0 Å². The molecule has 3 N–H and O–H groups in total. The van der Waals surface area contributed by atoms with Crippen LogP contribution in [-0.4, -0.2) is 23.6 Å². The summed E-state index contributed by atoms with van der Waals surface area (Å²) in [6, 6.07) is 0. The van der Waals surface area contributed by atoms with Gasteiger partial charge in [0.05, 0.1) is 7.11 Å². The Hall–Kier alpha value is -1.78. The Morgan fingerprint density at radius 2 is 2.25 bits per heavy atom. The maximum absolute atomic E-state index is 5.85. The number of nitrogens with zero attached hydrogens (tertiary/aromatic N) is 2. The largest absolute Gasteiger partial charge is 0.479 e. The molecule has 0 aromatic carbocycles. The smallest absolute Gasteiger partial charge is 0.242 e. The zero-order chi connectivity index (χ0) is 12.0. The molecule has 0 aliphatic rings. The van der Waals surface area contributed by atoms with E-state index in [0.29, 0.717) is 23.9 Å². The van der Waals surface area contributed by atoms with Gasteiger partial charge in [0.25, 0.3) is 0 Å². The Morgan fingerprint density at radius 1 is 1.50 bits per heavy atom. The van der Waals surface area contributed by atoms with E-state index in [4.69, 9.17) is 10.5 Å². The van der Waals surface area contributed by atoms with Crippen molar-refractivity contribution < 1.29 is 4.74 Å². The van der Waals surface area contributed by atoms with E-state index in [9.17, 15) is 0 Å². The molecule has 16 heavy (non-hydrogen) atoms. The van der Waals surface area contributed by atoms with E-state index in [1.54, 1.807) is 13.2 Å². The van der Waals surface area contributed by atoms with E-state index in [1.165, 1.54) is 0 Å². The second kappa shape index (κ2) is 5.95. The quantitative estimate of drug-likeness (QED) is 0.715. The highest BCUT2D eigenvalue weighted by Gasteiger charge is 2.11. The predicted octanol–water partition coefficient (Wildman–Crippen LogP) is 1.62. The Labute approximate surface area is 95.7 Å². The summed E-state index contributed by atoms with van der Waals surface area (Å²) in [5.74, 6) is 1.76. The van der Waals surface area contributed by atoms with E-state index >= 15 is 0 Å². The summed E-state index contributed by atoms with van der Waals surface area (Å²) in [5, 5.41) is 3.06. The highest BCUT2D eigenvalue weighted by atomic mass is 16.5. The third-order valence-electron chi connectivity index (χ3n) is 2.04. The molecule has 0 unspecified atom stereocenters. The topological polar surface area (TPSA) is 73.1 Å². The van der Waals surface area contributed by atoms with Crippen LogP contribution < -0.4 is 15.8 Å². The lowest BCUT2D eigenvalue weighted by atomic mass is 10.3. The van der Waals surface area contributed by atoms with E-state index in [-0.39, 0.29) is 0 Å². The van der Waals surface area contributed by atoms with Crippen LogP contribution >= 0.6 is 0 Å². The van der Waals surface area contributed by atoms with Crippen molar-refractivity contribution in [3.63, 3.8) is 0 Å². The second-order valence-electron chi connectivity index (χ2n) is 3.33. The van der Waals surface area contributed by atoms with Crippen LogP contribution in [0.3, 0.4) is 0 Å². The molecule has 0 fully saturated rings. The first-order valence-electron chi connectivity index (χ1n) is 5.28. The molecule has 0 amide bonds. The molecule has 5 nitrogen and oxygen atoms in total. The number of methoxy groups -OCH3 is 1. The molecule has 0 saturated carbocycles. The molecule has 1 aromatic heterocycles. The van der Waals surface area contributed by atoms with E-state index < -0.39 is 0 Å². The number of hydrogen-bond donors (Lipinski definition) is 2. The monoisotopic (exact) mass is 222 g/mol. The van der Waals surface area contributed by atoms with Crippen molar-refractivity contribution in [1.82, 2.24) is 9.97 Å². The summed E-state index contributed by atoms with van der Waals surface area (Å²) in [6.45, 7) is 6.31. The Kier molecular flexibility index (Phi) is 4.57. The van der Waals surface area contributed by atoms with Crippen molar-refractivity contribution in [2.45, 2.75) is 19.8 Å². The van der Waals surface area contributed by atoms with Crippen LogP contribution in [0.2, 0.25) is 0 Å². The first-order valence-corrected chi connectivity index (χ1v) is 5.28. The first-order chi connectivity index (χ1) is 7.72. The van der Waals surface area contributed by atoms with Crippen molar-refractivity contribution in [3.8, 4) is 5.88 Å². The minimum atomic E-state index is 0.421. The molecule has 0 atom stereocenters. The Bertz CT molecular complexity index is 365. The van der Waals surface area contributed by atoms with Gasteiger partial charge in [-0.1, -0.05) is 13.0 Å². The summed E-state index contributed by atoms with van der Waals surface area (Å²) >= 11 is 0. The van der Waals surface area contributed by atoms with Crippen LogP contribution in [-0.2, 0) is 6.42 Å². The van der Waals surface area contributed by atoms with Crippen LogP contribution in [0.4, 0.5) is 11.5 Å². The van der Waals surface area contributed by atoms with Gasteiger partial charge in [-0.15, -0.1) is 6.58 Å². The van der Waals surface area contributed by atoms with Gasteiger partial charge in [0.2, 0.25) is 5.88 Å². The van der Waals surface area contributed by atoms with Gasteiger partial charge in [0.1, 0.15) is 11.5 Å². The average Bonchev–Trinajstić information content (AvgIpc) is 2.29. The number of ether oxygens (including phenoxy) is 1. The van der Waals surface area contributed by atoms with Gasteiger partial charge in [-0.25, -0.2) is 4.98 Å². The van der Waals surface area contributed by atoms with Crippen LogP contribution in [0.15, 0.2) is 12.7 Å². The Balaban J connectivity index is 3.02. The number of aromatic nitrogens is 2. The van der Waals surface area contributed by atoms with E-state index in [0.717, 1.165) is 18.7 Å². The lowest BCUT2D eigenvalue weighted by molar-refractivity contribution is 0.397. The maximum Gasteiger partial charge on any atom is 0.242 e. The summed E-state index contributed by atoms with van der Waals surface area (Å²) < 4.78 is 5.11. The number of anilines is 2. The molecular weight excluding hydrogens is 204 g/mol. The number of nitrogens with two attached hydrogens (primary N) is 1. The van der Waals surface area contributed by atoms with Gasteiger partial charge in [-0.05, 0) is 6.42 Å². The number of aryl methyl sites for hydroxylation is 1. The third-order valence-corrected chi connectivity index (χ3v) is 2.04. The molecule has 0 aliphatic carbocycles. The fourth-order valence-corrected chi connectivity index (χ4v) is 1.29. The normalized spacial score (nSPS) is 9.88. The second-order valence-corrected chi connectivity index (χ2v) is 3.33. The van der Waals surface area contributed by atoms with Gasteiger partial charge in [-0.3, -0.25) is 0 Å². The fourth-order valence-electron chi connectivity index (χ4n) is 1.29. The standard InChI is InChI=1S/C11H18N4O/c1-4-6-8-14-10(13-7-5-2)9(12)11(15-8)16-3/h5H,2,4,6-7,12H2,1,3H3,(H,13,14,15). The number of hydrogen-bond acceptors (Lipinski definition) is 5. The fraction of sp³-hybridized carbons (Fsp3) is 0.455. The van der Waals surface area contributed by atoms with Gasteiger partial charge in [0, 0.05) is 13.0 Å². The number of nitrogens with one attached hydrogen (secondary N) is 1. The van der Waals surface area contributed by atoms with Gasteiger partial charge in [-0.2, -0.15) is 4.98 Å². The highest BCUT2D eigenvalue weighted by Crippen LogP contribution is 2.25. The summed E-state index contributed by atoms with van der Waals surface area (Å²) in [6.07, 6.45) is 3.53. The van der Waals surface area contributed by atoms with Crippen LogP contribution in [0.5, 0.6) is 5.88 Å². The zero-order valence-corrected chi connectivity index (χ0v) is 9.79. The number of nitrogen functional groups attached to an aromatic ring is 1. The van der Waals surface area contributed by atoms with E-state index in [2.05, 4.69) is 28.8 Å². The van der Waals surface area contributed by atoms with Gasteiger partial charge < -0.3 is 15.8 Å². The van der Waals surface area contributed by atoms with Crippen LogP contribution in [0, 0.1) is 0 Å². The highest BCUT2D eigenvalue weighted by molar-refractivity contribution is 5.67. The lowest BCUT2D eigenvalue weighted by Gasteiger charge is -2.11. The molecule has 0 spiro atoms. The lowest BCUT2D eigenvalue weighted by Crippen LogP contribution is -2.09. The molecule has 1 aromatic rings. The molecule has 0 aliphatic heterocycles. The molecule has 0 saturated heterocycles. The molecular formula is C11H18N4O. The minimum absolute atomic E-state index is 0.421. The van der Waals surface area contributed by atoms with Crippen molar-refractivity contribution in [1.29, 1.82) is 0 Å². The zero-order valence-electron chi connectivity index (χ0n) is 9.79. The Morgan fingerprint density at radius 3 is 2.81 bits per heavy atom. The molecule has 0 radical (unpaired) electrons. The summed E-state index contributed by atoms with van der Waals surface area (Å²) in [7, 11) is 1.55. The third kappa shape index (κ3) is 2.85. The average molecular weight is 222 g/mol. The first kappa shape index (κ1) is 12.3. The van der Waals surface area contributed by atoms with E-state index in [1.807, 2.05) is 0 Å². The maximum atomic E-state index is 5.85. The predicted molar refractivity (Wildman–Crippen MR) is 65.7 cm³/mol. The summed E-state index contributed by atoms with van der Waals surface area (Å²) in [5.41, 5.74) is 6.29. The van der Waals surface area contributed by atoms with Crippen molar-refractivity contribution >= 4 is 11.5 Å². The van der Waals surface area contributed by atoms with Crippen molar-refractivity contribution in [2.75, 3.05) is 24.7 Å². The SMILES string of the molecule is C=CCNc1nc(CCC)nc(OC)c1N. The molecule has 0 bridgehead atoms. The molecule has 5 heteroatoms. The van der Waals surface area contributed by atoms with Crippen molar-refractivity contribution in [3.05, 3.63) is 18.5 Å².